The van der Waals surface area contributed by atoms with Crippen LogP contribution >= 0.6 is 0 Å². The lowest BCUT2D eigenvalue weighted by Gasteiger charge is -2.18. The van der Waals surface area contributed by atoms with E-state index in [0.717, 1.165) is 25.2 Å². The predicted octanol–water partition coefficient (Wildman–Crippen LogP) is 1.98. The molecule has 86 valence electrons. The van der Waals surface area contributed by atoms with Crippen LogP contribution in [0, 0.1) is 18.8 Å². The fourth-order valence-corrected chi connectivity index (χ4v) is 1.90. The first-order valence-electron chi connectivity index (χ1n) is 5.81. The zero-order valence-corrected chi connectivity index (χ0v) is 10.3. The summed E-state index contributed by atoms with van der Waals surface area (Å²) in [5, 5.41) is 4.45. The van der Waals surface area contributed by atoms with Crippen LogP contribution in [0.1, 0.15) is 32.2 Å². The van der Waals surface area contributed by atoms with Gasteiger partial charge in [0.05, 0.1) is 5.69 Å². The van der Waals surface area contributed by atoms with E-state index in [1.54, 1.807) is 0 Å². The fraction of sp³-hybridized carbons (Fsp3) is 0.750. The minimum Gasteiger partial charge on any atom is -0.330 e. The highest BCUT2D eigenvalue weighted by atomic mass is 15.3. The largest absolute Gasteiger partial charge is 0.330 e. The topological polar surface area (TPSA) is 43.8 Å². The van der Waals surface area contributed by atoms with Gasteiger partial charge in [0, 0.05) is 12.2 Å². The Bertz CT molecular complexity index is 302. The number of aromatic nitrogens is 2. The highest BCUT2D eigenvalue weighted by Gasteiger charge is 2.15. The lowest BCUT2D eigenvalue weighted by atomic mass is 9.91. The van der Waals surface area contributed by atoms with Gasteiger partial charge in [0.2, 0.25) is 0 Å². The van der Waals surface area contributed by atoms with Gasteiger partial charge in [-0.05, 0) is 44.7 Å². The van der Waals surface area contributed by atoms with Gasteiger partial charge in [-0.15, -0.1) is 0 Å². The Morgan fingerprint density at radius 3 is 2.60 bits per heavy atom. The van der Waals surface area contributed by atoms with Crippen molar-refractivity contribution in [2.24, 2.45) is 17.6 Å². The van der Waals surface area contributed by atoms with Gasteiger partial charge in [-0.2, -0.15) is 5.10 Å². The van der Waals surface area contributed by atoms with Gasteiger partial charge in [-0.3, -0.25) is 4.68 Å². The van der Waals surface area contributed by atoms with E-state index in [0.29, 0.717) is 11.8 Å². The van der Waals surface area contributed by atoms with E-state index >= 15 is 0 Å². The Hall–Kier alpha value is -0.830. The van der Waals surface area contributed by atoms with Crippen molar-refractivity contribution in [1.29, 1.82) is 0 Å². The molecule has 1 atom stereocenters. The maximum Gasteiger partial charge on any atom is 0.0596 e. The lowest BCUT2D eigenvalue weighted by Crippen LogP contribution is -2.23. The highest BCUT2D eigenvalue weighted by molar-refractivity contribution is 5.10. The summed E-state index contributed by atoms with van der Waals surface area (Å²) >= 11 is 0. The average Bonchev–Trinajstić information content (AvgIpc) is 2.54. The third-order valence-electron chi connectivity index (χ3n) is 3.00. The number of nitrogens with zero attached hydrogens (tertiary/aromatic N) is 2. The Kier molecular flexibility index (Phi) is 4.33. The lowest BCUT2D eigenvalue weighted by molar-refractivity contribution is 0.380. The Morgan fingerprint density at radius 2 is 2.13 bits per heavy atom. The van der Waals surface area contributed by atoms with E-state index in [9.17, 15) is 0 Å². The Labute approximate surface area is 92.7 Å². The monoisotopic (exact) mass is 209 g/mol. The van der Waals surface area contributed by atoms with Crippen LogP contribution in [0.3, 0.4) is 0 Å². The summed E-state index contributed by atoms with van der Waals surface area (Å²) in [4.78, 5) is 0. The Morgan fingerprint density at radius 1 is 1.47 bits per heavy atom. The zero-order chi connectivity index (χ0) is 11.4. The highest BCUT2D eigenvalue weighted by Crippen LogP contribution is 2.16. The first kappa shape index (κ1) is 12.2. The molecule has 0 radical (unpaired) electrons. The van der Waals surface area contributed by atoms with Crippen LogP contribution in [-0.4, -0.2) is 16.3 Å². The maximum absolute atomic E-state index is 5.79. The van der Waals surface area contributed by atoms with Crippen molar-refractivity contribution in [3.05, 3.63) is 17.5 Å². The Balaban J connectivity index is 2.77. The number of rotatable bonds is 5. The van der Waals surface area contributed by atoms with Crippen LogP contribution in [0.5, 0.6) is 0 Å². The molecule has 0 aliphatic carbocycles. The quantitative estimate of drug-likeness (QED) is 0.806. The van der Waals surface area contributed by atoms with Crippen molar-refractivity contribution in [2.75, 3.05) is 6.54 Å². The van der Waals surface area contributed by atoms with Crippen molar-refractivity contribution in [3.8, 4) is 0 Å². The molecule has 0 spiro atoms. The molecule has 1 aromatic rings. The van der Waals surface area contributed by atoms with E-state index in [-0.39, 0.29) is 0 Å². The summed E-state index contributed by atoms with van der Waals surface area (Å²) in [6.07, 6.45) is 1.04. The van der Waals surface area contributed by atoms with Gasteiger partial charge in [0.15, 0.2) is 0 Å². The van der Waals surface area contributed by atoms with Crippen LogP contribution in [0.2, 0.25) is 0 Å². The van der Waals surface area contributed by atoms with E-state index in [2.05, 4.69) is 36.6 Å². The second-order valence-corrected chi connectivity index (χ2v) is 4.54. The first-order valence-corrected chi connectivity index (χ1v) is 5.81. The molecule has 0 saturated carbocycles. The average molecular weight is 209 g/mol. The van der Waals surface area contributed by atoms with Crippen LogP contribution in [-0.2, 0) is 13.0 Å². The first-order chi connectivity index (χ1) is 7.08. The number of hydrogen-bond donors (Lipinski definition) is 1. The molecular formula is C12H23N3. The van der Waals surface area contributed by atoms with Crippen molar-refractivity contribution in [2.45, 2.75) is 40.7 Å². The van der Waals surface area contributed by atoms with Crippen LogP contribution in [0.4, 0.5) is 0 Å². The molecule has 0 fully saturated rings. The van der Waals surface area contributed by atoms with Crippen molar-refractivity contribution in [1.82, 2.24) is 9.78 Å². The molecule has 0 saturated heterocycles. The van der Waals surface area contributed by atoms with Gasteiger partial charge >= 0.3 is 0 Å². The predicted molar refractivity (Wildman–Crippen MR) is 63.7 cm³/mol. The van der Waals surface area contributed by atoms with E-state index in [1.807, 2.05) is 6.92 Å². The molecule has 0 aliphatic heterocycles. The van der Waals surface area contributed by atoms with Gasteiger partial charge < -0.3 is 5.73 Å². The fourth-order valence-electron chi connectivity index (χ4n) is 1.90. The second-order valence-electron chi connectivity index (χ2n) is 4.54. The SMILES string of the molecule is CCn1nc(C)cc1CC(CN)C(C)C. The minimum absolute atomic E-state index is 0.561. The molecule has 1 rings (SSSR count). The summed E-state index contributed by atoms with van der Waals surface area (Å²) in [5.74, 6) is 1.20. The van der Waals surface area contributed by atoms with Crippen LogP contribution < -0.4 is 5.73 Å². The standard InChI is InChI=1S/C12H23N3/c1-5-15-12(6-10(4)14-15)7-11(8-13)9(2)3/h6,9,11H,5,7-8,13H2,1-4H3. The molecule has 0 aliphatic rings. The molecule has 1 unspecified atom stereocenters. The number of nitrogens with two attached hydrogens (primary N) is 1. The van der Waals surface area contributed by atoms with Crippen LogP contribution in [0.25, 0.3) is 0 Å². The third-order valence-corrected chi connectivity index (χ3v) is 3.00. The maximum atomic E-state index is 5.79. The summed E-state index contributed by atoms with van der Waals surface area (Å²) in [6.45, 7) is 10.3. The molecular weight excluding hydrogens is 186 g/mol. The summed E-state index contributed by atoms with van der Waals surface area (Å²) in [6, 6.07) is 2.18. The van der Waals surface area contributed by atoms with E-state index < -0.39 is 0 Å². The zero-order valence-electron chi connectivity index (χ0n) is 10.3. The number of aryl methyl sites for hydroxylation is 2. The summed E-state index contributed by atoms with van der Waals surface area (Å²) in [7, 11) is 0. The van der Waals surface area contributed by atoms with Gasteiger partial charge in [-0.1, -0.05) is 13.8 Å². The molecule has 0 amide bonds. The number of hydrogen-bond acceptors (Lipinski definition) is 2. The molecule has 3 heteroatoms. The molecule has 2 N–H and O–H groups in total. The smallest absolute Gasteiger partial charge is 0.0596 e. The van der Waals surface area contributed by atoms with Crippen molar-refractivity contribution < 1.29 is 0 Å². The van der Waals surface area contributed by atoms with Crippen molar-refractivity contribution in [3.63, 3.8) is 0 Å². The molecule has 1 heterocycles. The van der Waals surface area contributed by atoms with E-state index in [4.69, 9.17) is 5.73 Å². The van der Waals surface area contributed by atoms with Gasteiger partial charge in [0.25, 0.3) is 0 Å². The van der Waals surface area contributed by atoms with Crippen LogP contribution in [0.15, 0.2) is 6.07 Å². The molecule has 15 heavy (non-hydrogen) atoms. The summed E-state index contributed by atoms with van der Waals surface area (Å²) in [5.41, 5.74) is 8.21. The molecule has 0 aromatic carbocycles. The molecule has 3 nitrogen and oxygen atoms in total. The molecule has 0 bridgehead atoms. The van der Waals surface area contributed by atoms with Gasteiger partial charge in [-0.25, -0.2) is 0 Å². The normalized spacial score (nSPS) is 13.5. The van der Waals surface area contributed by atoms with E-state index in [1.165, 1.54) is 5.69 Å². The minimum atomic E-state index is 0.561. The molecule has 1 aromatic heterocycles. The summed E-state index contributed by atoms with van der Waals surface area (Å²) < 4.78 is 2.08. The second kappa shape index (κ2) is 5.31. The van der Waals surface area contributed by atoms with Gasteiger partial charge in [0.1, 0.15) is 0 Å². The third kappa shape index (κ3) is 3.06. The van der Waals surface area contributed by atoms with Crippen molar-refractivity contribution >= 4 is 0 Å².